The number of aromatic amines is 1. The first-order valence-electron chi connectivity index (χ1n) is 16.7. The molecule has 8 aromatic carbocycles. The van der Waals surface area contributed by atoms with Crippen molar-refractivity contribution in [2.75, 3.05) is 4.90 Å². The molecular weight excluding hydrogens is 613 g/mol. The second-order valence-electron chi connectivity index (χ2n) is 12.7. The Kier molecular flexibility index (Phi) is 6.39. The maximum absolute atomic E-state index is 3.80. The van der Waals surface area contributed by atoms with Gasteiger partial charge in [-0.05, 0) is 88.1 Å². The van der Waals surface area contributed by atoms with Crippen molar-refractivity contribution in [1.82, 2.24) is 4.98 Å². The monoisotopic (exact) mass is 642 g/mol. The Morgan fingerprint density at radius 3 is 1.96 bits per heavy atom. The van der Waals surface area contributed by atoms with Gasteiger partial charge in [-0.15, -0.1) is 11.3 Å². The summed E-state index contributed by atoms with van der Waals surface area (Å²) in [7, 11) is 0. The minimum Gasteiger partial charge on any atom is -0.354 e. The molecule has 1 N–H and O–H groups in total. The van der Waals surface area contributed by atoms with Crippen LogP contribution < -0.4 is 4.90 Å². The van der Waals surface area contributed by atoms with Crippen LogP contribution in [0.1, 0.15) is 0 Å². The highest BCUT2D eigenvalue weighted by molar-refractivity contribution is 7.25. The highest BCUT2D eigenvalue weighted by Gasteiger charge is 2.17. The number of thiophene rings is 1. The number of nitrogens with zero attached hydrogens (tertiary/aromatic N) is 1. The number of para-hydroxylation sites is 1. The molecule has 0 fully saturated rings. The molecule has 0 radical (unpaired) electrons. The van der Waals surface area contributed by atoms with Crippen molar-refractivity contribution in [3.63, 3.8) is 0 Å². The Hall–Kier alpha value is -6.16. The van der Waals surface area contributed by atoms with Gasteiger partial charge in [-0.1, -0.05) is 115 Å². The van der Waals surface area contributed by atoms with Crippen LogP contribution in [0.5, 0.6) is 0 Å². The van der Waals surface area contributed by atoms with Gasteiger partial charge in [0.05, 0.1) is 5.52 Å². The molecule has 2 aromatic heterocycles. The molecule has 3 heteroatoms. The number of aromatic nitrogens is 1. The minimum absolute atomic E-state index is 1.12. The highest BCUT2D eigenvalue weighted by atomic mass is 32.1. The quantitative estimate of drug-likeness (QED) is 0.198. The van der Waals surface area contributed by atoms with Crippen molar-refractivity contribution in [1.29, 1.82) is 0 Å². The Labute approximate surface area is 288 Å². The predicted octanol–water partition coefficient (Wildman–Crippen LogP) is 13.6. The molecule has 0 amide bonds. The summed E-state index contributed by atoms with van der Waals surface area (Å²) in [5.41, 5.74) is 10.5. The normalized spacial score (nSPS) is 11.7. The summed E-state index contributed by atoms with van der Waals surface area (Å²) >= 11 is 1.86. The lowest BCUT2D eigenvalue weighted by atomic mass is 10.00. The average Bonchev–Trinajstić information content (AvgIpc) is 3.73. The van der Waals surface area contributed by atoms with Gasteiger partial charge in [0.2, 0.25) is 0 Å². The van der Waals surface area contributed by atoms with Gasteiger partial charge in [0.1, 0.15) is 0 Å². The van der Waals surface area contributed by atoms with Crippen molar-refractivity contribution in [3.8, 4) is 22.3 Å². The lowest BCUT2D eigenvalue weighted by molar-refractivity contribution is 1.29. The number of H-pyrrole nitrogens is 1. The molecule has 0 aliphatic rings. The third-order valence-corrected chi connectivity index (χ3v) is 10.9. The topological polar surface area (TPSA) is 19.0 Å². The van der Waals surface area contributed by atoms with E-state index in [4.69, 9.17) is 0 Å². The summed E-state index contributed by atoms with van der Waals surface area (Å²) in [6.07, 6.45) is 0. The molecule has 0 spiro atoms. The van der Waals surface area contributed by atoms with E-state index in [-0.39, 0.29) is 0 Å². The first-order chi connectivity index (χ1) is 24.3. The second-order valence-corrected chi connectivity index (χ2v) is 13.8. The molecule has 10 rings (SSSR count). The van der Waals surface area contributed by atoms with E-state index < -0.39 is 0 Å². The van der Waals surface area contributed by atoms with E-state index in [1.54, 1.807) is 0 Å². The van der Waals surface area contributed by atoms with Crippen molar-refractivity contribution < 1.29 is 0 Å². The molecule has 49 heavy (non-hydrogen) atoms. The summed E-state index contributed by atoms with van der Waals surface area (Å²) < 4.78 is 2.65. The molecule has 0 saturated heterocycles. The highest BCUT2D eigenvalue weighted by Crippen LogP contribution is 2.42. The van der Waals surface area contributed by atoms with Gasteiger partial charge in [0.25, 0.3) is 0 Å². The molecule has 0 atom stereocenters. The third-order valence-electron chi connectivity index (χ3n) is 9.79. The van der Waals surface area contributed by atoms with Gasteiger partial charge in [-0.3, -0.25) is 0 Å². The second kappa shape index (κ2) is 11.2. The molecule has 0 unspecified atom stereocenters. The molecule has 2 heterocycles. The Bertz CT molecular complexity index is 2830. The van der Waals surface area contributed by atoms with Crippen LogP contribution in [0.25, 0.3) is 75.0 Å². The molecule has 0 aliphatic carbocycles. The van der Waals surface area contributed by atoms with Crippen LogP contribution in [0, 0.1) is 0 Å². The summed E-state index contributed by atoms with van der Waals surface area (Å²) in [6, 6.07) is 63.9. The van der Waals surface area contributed by atoms with E-state index in [1.807, 2.05) is 11.3 Å². The fourth-order valence-corrected chi connectivity index (χ4v) is 8.47. The van der Waals surface area contributed by atoms with Crippen LogP contribution in [0.2, 0.25) is 0 Å². The lowest BCUT2D eigenvalue weighted by Crippen LogP contribution is -2.09. The number of hydrogen-bond acceptors (Lipinski definition) is 2. The van der Waals surface area contributed by atoms with Crippen molar-refractivity contribution in [3.05, 3.63) is 176 Å². The first-order valence-corrected chi connectivity index (χ1v) is 17.5. The van der Waals surface area contributed by atoms with Crippen LogP contribution in [0.3, 0.4) is 0 Å². The molecule has 10 aromatic rings. The SMILES string of the molecule is c1ccc(-c2ccc(N(c3ccc4ccccc4c3)c3ccc4[nH]c5c(-c6ccc7sc8ccccc8c7c6)cccc5c4c3)cc2)cc1. The standard InChI is InChI=1S/C46H30N2S/c1-2-9-30(10-3-1)32-17-21-35(22-18-32)48(36-23-19-31-11-4-5-12-33(31)27-36)37-24-25-43-41(29-37)40-15-8-14-38(46(40)47-43)34-20-26-45-42(28-34)39-13-6-7-16-44(39)49-45/h1-29,47H. The zero-order valence-corrected chi connectivity index (χ0v) is 27.4. The van der Waals surface area contributed by atoms with E-state index in [0.717, 1.165) is 28.1 Å². The summed E-state index contributed by atoms with van der Waals surface area (Å²) in [5.74, 6) is 0. The predicted molar refractivity (Wildman–Crippen MR) is 212 cm³/mol. The van der Waals surface area contributed by atoms with Crippen molar-refractivity contribution in [2.45, 2.75) is 0 Å². The molecular formula is C46H30N2S. The van der Waals surface area contributed by atoms with Gasteiger partial charge >= 0.3 is 0 Å². The van der Waals surface area contributed by atoms with Gasteiger partial charge < -0.3 is 9.88 Å². The number of rotatable bonds is 5. The van der Waals surface area contributed by atoms with Gasteiger partial charge in [-0.25, -0.2) is 0 Å². The van der Waals surface area contributed by atoms with Crippen LogP contribution in [0.4, 0.5) is 17.1 Å². The minimum atomic E-state index is 1.12. The largest absolute Gasteiger partial charge is 0.354 e. The fraction of sp³-hybridized carbons (Fsp3) is 0. The Balaban J connectivity index is 1.12. The Morgan fingerprint density at radius 1 is 0.388 bits per heavy atom. The molecule has 0 saturated carbocycles. The number of hydrogen-bond donors (Lipinski definition) is 1. The van der Waals surface area contributed by atoms with E-state index in [2.05, 4.69) is 186 Å². The summed E-state index contributed by atoms with van der Waals surface area (Å²) in [4.78, 5) is 6.18. The maximum atomic E-state index is 3.80. The fourth-order valence-electron chi connectivity index (χ4n) is 7.38. The summed E-state index contributed by atoms with van der Waals surface area (Å²) in [5, 5.41) is 7.53. The molecule has 230 valence electrons. The lowest BCUT2D eigenvalue weighted by Gasteiger charge is -2.26. The number of fused-ring (bicyclic) bond motifs is 7. The van der Waals surface area contributed by atoms with Crippen molar-refractivity contribution >= 4 is 81.1 Å². The number of benzene rings is 8. The van der Waals surface area contributed by atoms with E-state index in [9.17, 15) is 0 Å². The third kappa shape index (κ3) is 4.70. The Morgan fingerprint density at radius 2 is 1.06 bits per heavy atom. The molecule has 0 aliphatic heterocycles. The molecule has 2 nitrogen and oxygen atoms in total. The smallest absolute Gasteiger partial charge is 0.0544 e. The average molecular weight is 643 g/mol. The van der Waals surface area contributed by atoms with Gasteiger partial charge in [0.15, 0.2) is 0 Å². The van der Waals surface area contributed by atoms with Gasteiger partial charge in [-0.2, -0.15) is 0 Å². The van der Waals surface area contributed by atoms with Crippen molar-refractivity contribution in [2.24, 2.45) is 0 Å². The summed E-state index contributed by atoms with van der Waals surface area (Å²) in [6.45, 7) is 0. The number of anilines is 3. The van der Waals surface area contributed by atoms with E-state index in [0.29, 0.717) is 0 Å². The van der Waals surface area contributed by atoms with Crippen LogP contribution in [-0.2, 0) is 0 Å². The van der Waals surface area contributed by atoms with E-state index >= 15 is 0 Å². The van der Waals surface area contributed by atoms with Crippen LogP contribution in [0.15, 0.2) is 176 Å². The van der Waals surface area contributed by atoms with Gasteiger partial charge in [0, 0.05) is 59.1 Å². The zero-order chi connectivity index (χ0) is 32.3. The number of nitrogens with one attached hydrogen (secondary N) is 1. The maximum Gasteiger partial charge on any atom is 0.0544 e. The van der Waals surface area contributed by atoms with Crippen LogP contribution in [-0.4, -0.2) is 4.98 Å². The van der Waals surface area contributed by atoms with Crippen LogP contribution >= 0.6 is 11.3 Å². The van der Waals surface area contributed by atoms with E-state index in [1.165, 1.54) is 64.0 Å². The first kappa shape index (κ1) is 27.9. The molecule has 0 bridgehead atoms. The zero-order valence-electron chi connectivity index (χ0n) is 26.6.